The van der Waals surface area contributed by atoms with E-state index in [4.69, 9.17) is 9.84 Å². The molecule has 0 bridgehead atoms. The molecule has 0 amide bonds. The quantitative estimate of drug-likeness (QED) is 0.585. The Morgan fingerprint density at radius 3 is 2.46 bits per heavy atom. The molecule has 1 aliphatic rings. The lowest BCUT2D eigenvalue weighted by molar-refractivity contribution is -0.137. The molecule has 1 N–H and O–H groups in total. The highest BCUT2D eigenvalue weighted by Gasteiger charge is 2.21. The minimum absolute atomic E-state index is 0.0515. The van der Waals surface area contributed by atoms with Crippen LogP contribution in [-0.4, -0.2) is 17.2 Å². The molecular formula is C24H29FO3. The SMILES string of the molecule is CCC1CCC(Oc2ccc(-c3cccc(CCCC(=O)O)c3F)cc2)CC1. The normalized spacial score (nSPS) is 19.4. The Kier molecular flexibility index (Phi) is 7.07. The monoisotopic (exact) mass is 384 g/mol. The maximum atomic E-state index is 14.8. The fraction of sp³-hybridized carbons (Fsp3) is 0.458. The van der Waals surface area contributed by atoms with E-state index in [1.54, 1.807) is 12.1 Å². The fourth-order valence-corrected chi connectivity index (χ4v) is 3.99. The number of hydrogen-bond donors (Lipinski definition) is 1. The van der Waals surface area contributed by atoms with Gasteiger partial charge in [-0.05, 0) is 67.7 Å². The third kappa shape index (κ3) is 5.34. The Morgan fingerprint density at radius 2 is 1.82 bits per heavy atom. The number of carboxylic acid groups (broad SMARTS) is 1. The number of hydrogen-bond acceptors (Lipinski definition) is 2. The minimum atomic E-state index is -0.852. The van der Waals surface area contributed by atoms with E-state index < -0.39 is 5.97 Å². The van der Waals surface area contributed by atoms with Crippen LogP contribution in [0.15, 0.2) is 42.5 Å². The minimum Gasteiger partial charge on any atom is -0.490 e. The zero-order valence-electron chi connectivity index (χ0n) is 16.5. The molecule has 28 heavy (non-hydrogen) atoms. The van der Waals surface area contributed by atoms with Gasteiger partial charge in [0.15, 0.2) is 0 Å². The number of carboxylic acids is 1. The van der Waals surface area contributed by atoms with E-state index in [1.807, 2.05) is 30.3 Å². The molecule has 0 saturated heterocycles. The smallest absolute Gasteiger partial charge is 0.303 e. The van der Waals surface area contributed by atoms with Gasteiger partial charge in [-0.15, -0.1) is 0 Å². The second kappa shape index (κ2) is 9.72. The van der Waals surface area contributed by atoms with E-state index in [2.05, 4.69) is 6.92 Å². The molecule has 0 unspecified atom stereocenters. The van der Waals surface area contributed by atoms with Gasteiger partial charge in [0.05, 0.1) is 6.10 Å². The van der Waals surface area contributed by atoms with Crippen molar-refractivity contribution in [2.45, 2.75) is 64.4 Å². The summed E-state index contributed by atoms with van der Waals surface area (Å²) in [7, 11) is 0. The molecule has 3 rings (SSSR count). The standard InChI is InChI=1S/C24H29FO3/c1-2-17-9-13-20(14-10-17)28-21-15-11-18(12-16-21)22-7-3-5-19(24(22)25)6-4-8-23(26)27/h3,5,7,11-12,15-17,20H,2,4,6,8-10,13-14H2,1H3,(H,26,27). The first-order valence-corrected chi connectivity index (χ1v) is 10.3. The Labute approximate surface area is 166 Å². The summed E-state index contributed by atoms with van der Waals surface area (Å²) in [6, 6.07) is 12.9. The average Bonchev–Trinajstić information content (AvgIpc) is 2.70. The fourth-order valence-electron chi connectivity index (χ4n) is 3.99. The van der Waals surface area contributed by atoms with E-state index in [-0.39, 0.29) is 18.3 Å². The highest BCUT2D eigenvalue weighted by atomic mass is 19.1. The molecule has 0 aliphatic heterocycles. The number of rotatable bonds is 8. The van der Waals surface area contributed by atoms with Crippen molar-refractivity contribution in [3.05, 3.63) is 53.8 Å². The third-order valence-electron chi connectivity index (χ3n) is 5.75. The number of aliphatic carboxylic acids is 1. The Morgan fingerprint density at radius 1 is 1.11 bits per heavy atom. The number of ether oxygens (including phenoxy) is 1. The van der Waals surface area contributed by atoms with Crippen LogP contribution in [0.1, 0.15) is 57.4 Å². The van der Waals surface area contributed by atoms with Crippen molar-refractivity contribution in [3.8, 4) is 16.9 Å². The topological polar surface area (TPSA) is 46.5 Å². The largest absolute Gasteiger partial charge is 0.490 e. The third-order valence-corrected chi connectivity index (χ3v) is 5.75. The summed E-state index contributed by atoms with van der Waals surface area (Å²) in [6.45, 7) is 2.25. The molecule has 1 fully saturated rings. The van der Waals surface area contributed by atoms with E-state index in [0.717, 1.165) is 30.1 Å². The Balaban J connectivity index is 1.64. The van der Waals surface area contributed by atoms with E-state index >= 15 is 0 Å². The zero-order chi connectivity index (χ0) is 19.9. The molecule has 3 nitrogen and oxygen atoms in total. The van der Waals surface area contributed by atoms with Gasteiger partial charge < -0.3 is 9.84 Å². The number of aryl methyl sites for hydroxylation is 1. The summed E-state index contributed by atoms with van der Waals surface area (Å²) < 4.78 is 21.0. The first-order valence-electron chi connectivity index (χ1n) is 10.3. The summed E-state index contributed by atoms with van der Waals surface area (Å²) >= 11 is 0. The van der Waals surface area contributed by atoms with Gasteiger partial charge in [-0.1, -0.05) is 43.7 Å². The maximum Gasteiger partial charge on any atom is 0.303 e. The van der Waals surface area contributed by atoms with Crippen molar-refractivity contribution in [3.63, 3.8) is 0 Å². The molecule has 0 radical (unpaired) electrons. The van der Waals surface area contributed by atoms with E-state index in [9.17, 15) is 9.18 Å². The predicted molar refractivity (Wildman–Crippen MR) is 109 cm³/mol. The summed E-state index contributed by atoms with van der Waals surface area (Å²) in [6.07, 6.45) is 7.12. The zero-order valence-corrected chi connectivity index (χ0v) is 16.5. The van der Waals surface area contributed by atoms with Gasteiger partial charge >= 0.3 is 5.97 Å². The second-order valence-electron chi connectivity index (χ2n) is 7.72. The molecule has 2 aromatic carbocycles. The molecule has 1 saturated carbocycles. The molecule has 150 valence electrons. The summed E-state index contributed by atoms with van der Waals surface area (Å²) in [5.41, 5.74) is 1.91. The van der Waals surface area contributed by atoms with E-state index in [1.165, 1.54) is 19.3 Å². The van der Waals surface area contributed by atoms with Gasteiger partial charge in [0.2, 0.25) is 0 Å². The first-order chi connectivity index (χ1) is 13.6. The van der Waals surface area contributed by atoms with Gasteiger partial charge in [-0.25, -0.2) is 4.39 Å². The average molecular weight is 384 g/mol. The van der Waals surface area contributed by atoms with E-state index in [0.29, 0.717) is 24.0 Å². The molecule has 0 spiro atoms. The van der Waals surface area contributed by atoms with Gasteiger partial charge in [-0.2, -0.15) is 0 Å². The lowest BCUT2D eigenvalue weighted by atomic mass is 9.86. The molecule has 2 aromatic rings. The second-order valence-corrected chi connectivity index (χ2v) is 7.72. The Bertz CT molecular complexity index is 777. The van der Waals surface area contributed by atoms with Gasteiger partial charge in [0.25, 0.3) is 0 Å². The van der Waals surface area contributed by atoms with Crippen LogP contribution in [-0.2, 0) is 11.2 Å². The number of halogens is 1. The maximum absolute atomic E-state index is 14.8. The van der Waals surface area contributed by atoms with Crippen LogP contribution in [0.2, 0.25) is 0 Å². The lowest BCUT2D eigenvalue weighted by Gasteiger charge is -2.28. The lowest BCUT2D eigenvalue weighted by Crippen LogP contribution is -2.23. The molecule has 1 aliphatic carbocycles. The van der Waals surface area contributed by atoms with Crippen molar-refractivity contribution in [1.82, 2.24) is 0 Å². The van der Waals surface area contributed by atoms with Gasteiger partial charge in [-0.3, -0.25) is 4.79 Å². The number of carbonyl (C=O) groups is 1. The van der Waals surface area contributed by atoms with Crippen LogP contribution in [0.4, 0.5) is 4.39 Å². The van der Waals surface area contributed by atoms with Crippen molar-refractivity contribution < 1.29 is 19.0 Å². The van der Waals surface area contributed by atoms with Gasteiger partial charge in [0.1, 0.15) is 11.6 Å². The van der Waals surface area contributed by atoms with Crippen LogP contribution in [0.5, 0.6) is 5.75 Å². The summed E-state index contributed by atoms with van der Waals surface area (Å²) in [4.78, 5) is 10.7. The van der Waals surface area contributed by atoms with Crippen molar-refractivity contribution in [1.29, 1.82) is 0 Å². The molecule has 0 aromatic heterocycles. The highest BCUT2D eigenvalue weighted by molar-refractivity contribution is 5.67. The summed E-state index contributed by atoms with van der Waals surface area (Å²) in [5, 5.41) is 8.76. The predicted octanol–water partition coefficient (Wildman–Crippen LogP) is 6.25. The molecule has 0 heterocycles. The highest BCUT2D eigenvalue weighted by Crippen LogP contribution is 2.31. The van der Waals surface area contributed by atoms with Crippen LogP contribution in [0, 0.1) is 11.7 Å². The van der Waals surface area contributed by atoms with Crippen LogP contribution < -0.4 is 4.74 Å². The molecule has 4 heteroatoms. The van der Waals surface area contributed by atoms with Crippen LogP contribution in [0.3, 0.4) is 0 Å². The van der Waals surface area contributed by atoms with Crippen molar-refractivity contribution in [2.75, 3.05) is 0 Å². The first kappa shape index (κ1) is 20.4. The Hall–Kier alpha value is -2.36. The van der Waals surface area contributed by atoms with Crippen molar-refractivity contribution in [2.24, 2.45) is 5.92 Å². The molecule has 0 atom stereocenters. The van der Waals surface area contributed by atoms with Gasteiger partial charge in [0, 0.05) is 12.0 Å². The summed E-state index contributed by atoms with van der Waals surface area (Å²) in [5.74, 6) is 0.560. The van der Waals surface area contributed by atoms with Crippen LogP contribution >= 0.6 is 0 Å². The molecular weight excluding hydrogens is 355 g/mol. The number of benzene rings is 2. The van der Waals surface area contributed by atoms with Crippen molar-refractivity contribution >= 4 is 5.97 Å². The van der Waals surface area contributed by atoms with Crippen LogP contribution in [0.25, 0.3) is 11.1 Å².